The monoisotopic (exact) mass is 870 g/mol. The molecule has 1 aromatic heterocycles. The van der Waals surface area contributed by atoms with Gasteiger partial charge in [-0.05, 0) is 153 Å². The fraction of sp³-hybridized carbons (Fsp3) is 0.163. The first-order valence-electron chi connectivity index (χ1n) is 18.4. The van der Waals surface area contributed by atoms with E-state index < -0.39 is 25.4 Å². The van der Waals surface area contributed by atoms with Gasteiger partial charge in [0.2, 0.25) is 0 Å². The van der Waals surface area contributed by atoms with Crippen molar-refractivity contribution in [2.45, 2.75) is 47.7 Å². The Labute approximate surface area is 343 Å². The van der Waals surface area contributed by atoms with E-state index in [1.54, 1.807) is 36.4 Å². The molecule has 6 aromatic carbocycles. The fourth-order valence-electron chi connectivity index (χ4n) is 6.90. The maximum absolute atomic E-state index is 11.8. The third-order valence-corrected chi connectivity index (χ3v) is 13.9. The first-order valence-corrected chi connectivity index (χ1v) is 23.0. The van der Waals surface area contributed by atoms with Crippen molar-refractivity contribution < 1.29 is 45.2 Å². The van der Waals surface area contributed by atoms with Gasteiger partial charge in [0.1, 0.15) is 34.2 Å². The number of aromatic hydroxyl groups is 1. The van der Waals surface area contributed by atoms with E-state index in [4.69, 9.17) is 40.1 Å². The van der Waals surface area contributed by atoms with Crippen LogP contribution in [0.3, 0.4) is 0 Å². The lowest BCUT2D eigenvalue weighted by atomic mass is 10.0. The van der Waals surface area contributed by atoms with Crippen molar-refractivity contribution in [3.63, 3.8) is 0 Å². The quantitative estimate of drug-likeness (QED) is 0.148. The molecule has 0 radical (unpaired) electrons. The normalized spacial score (nSPS) is 13.7. The van der Waals surface area contributed by atoms with Gasteiger partial charge in [0.25, 0.3) is 0 Å². The first kappa shape index (κ1) is 38.8. The van der Waals surface area contributed by atoms with Crippen molar-refractivity contribution in [1.29, 1.82) is 0 Å². The van der Waals surface area contributed by atoms with Crippen LogP contribution in [-0.2, 0) is 6.16 Å². The molecule has 58 heavy (non-hydrogen) atoms. The highest BCUT2D eigenvalue weighted by atomic mass is 31.2. The number of phenolic OH excluding ortho intramolecular Hbond substituents is 1. The van der Waals surface area contributed by atoms with Gasteiger partial charge in [-0.15, -0.1) is 18.5 Å². The van der Waals surface area contributed by atoms with Gasteiger partial charge in [0, 0.05) is 16.3 Å². The first-order chi connectivity index (χ1) is 27.9. The van der Waals surface area contributed by atoms with Crippen LogP contribution in [0.25, 0.3) is 33.1 Å². The van der Waals surface area contributed by atoms with E-state index in [2.05, 4.69) is 49.7 Å². The van der Waals surface area contributed by atoms with Crippen molar-refractivity contribution in [2.75, 3.05) is 0 Å². The molecular formula is C43H39O10P5. The molecule has 0 saturated heterocycles. The molecule has 0 bridgehead atoms. The second-order valence-electron chi connectivity index (χ2n) is 14.3. The Morgan fingerprint density at radius 1 is 0.552 bits per heavy atom. The lowest BCUT2D eigenvalue weighted by Gasteiger charge is -2.19. The molecule has 7 aromatic rings. The second kappa shape index (κ2) is 15.5. The molecule has 0 aliphatic carbocycles. The highest BCUT2D eigenvalue weighted by Gasteiger charge is 2.35. The van der Waals surface area contributed by atoms with Gasteiger partial charge in [0.05, 0.1) is 11.1 Å². The summed E-state index contributed by atoms with van der Waals surface area (Å²) in [6.07, 6.45) is 0.641. The van der Waals surface area contributed by atoms with Crippen molar-refractivity contribution in [3.8, 4) is 57.1 Å². The second-order valence-corrected chi connectivity index (χ2v) is 18.3. The zero-order valence-electron chi connectivity index (χ0n) is 32.4. The van der Waals surface area contributed by atoms with Crippen molar-refractivity contribution in [2.24, 2.45) is 0 Å². The molecule has 0 saturated carbocycles. The number of aryl methyl sites for hydroxylation is 6. The van der Waals surface area contributed by atoms with Crippen molar-refractivity contribution in [1.82, 2.24) is 0 Å². The Kier molecular flexibility index (Phi) is 10.4. The van der Waals surface area contributed by atoms with E-state index in [1.807, 2.05) is 58.9 Å². The van der Waals surface area contributed by atoms with Gasteiger partial charge in [-0.2, -0.15) is 0 Å². The minimum atomic E-state index is -2.15. The van der Waals surface area contributed by atoms with E-state index in [0.717, 1.165) is 55.0 Å². The molecule has 3 unspecified atom stereocenters. The smallest absolute Gasteiger partial charge is 0.507 e. The third-order valence-electron chi connectivity index (χ3n) is 10.0. The molecule has 9 rings (SSSR count). The minimum absolute atomic E-state index is 0.108. The van der Waals surface area contributed by atoms with Gasteiger partial charge in [-0.3, -0.25) is 0 Å². The lowest BCUT2D eigenvalue weighted by molar-refractivity contribution is 0.426. The number of hydrogen-bond donors (Lipinski definition) is 1. The summed E-state index contributed by atoms with van der Waals surface area (Å²) in [5, 5.41) is 14.6. The van der Waals surface area contributed by atoms with E-state index in [9.17, 15) is 5.11 Å². The SMILES string of the molecule is Cc1cc(C)c2op(Oc3cccc(OP4Oc5cc(C)c(C)cc5O4)c3-c3c(O)cccc3OP3Oc4cc(C)c(C)cc4O3)oc3c(CP)cc(P)cc3c2c1. The summed E-state index contributed by atoms with van der Waals surface area (Å²) < 4.78 is 58.0. The van der Waals surface area contributed by atoms with Crippen LogP contribution in [-0.4, -0.2) is 5.11 Å². The number of fused-ring (bicyclic) bond motifs is 5. The maximum atomic E-state index is 11.8. The lowest BCUT2D eigenvalue weighted by Crippen LogP contribution is -2.00. The zero-order valence-corrected chi connectivity index (χ0v) is 37.4. The highest BCUT2D eigenvalue weighted by molar-refractivity contribution is 7.43. The Hall–Kier alpha value is -4.66. The van der Waals surface area contributed by atoms with Crippen LogP contribution in [0.2, 0.25) is 0 Å². The third kappa shape index (κ3) is 7.32. The molecule has 2 aliphatic heterocycles. The molecule has 3 atom stereocenters. The number of phenols is 1. The Balaban J connectivity index is 1.20. The van der Waals surface area contributed by atoms with Crippen LogP contribution in [0.1, 0.15) is 38.9 Å². The van der Waals surface area contributed by atoms with E-state index >= 15 is 0 Å². The van der Waals surface area contributed by atoms with Crippen LogP contribution in [0.15, 0.2) is 93.3 Å². The predicted octanol–water partition coefficient (Wildman–Crippen LogP) is 13.4. The fourth-order valence-corrected chi connectivity index (χ4v) is 10.8. The van der Waals surface area contributed by atoms with Crippen molar-refractivity contribution in [3.05, 3.63) is 124 Å². The number of rotatable bonds is 8. The van der Waals surface area contributed by atoms with E-state index in [0.29, 0.717) is 51.6 Å². The Bertz CT molecular complexity index is 2780. The molecule has 1 N–H and O–H groups in total. The maximum Gasteiger partial charge on any atom is 0.530 e. The standard InChI is InChI=1S/C43H39O10P5/c1-22-13-27(6)42-30(14-22)31-20-29(55)19-28(21-54)43(31)53-58(52-42)47-35-12-8-11-34(46-57-50-38-17-25(4)26(5)18-39(38)51-57)41(35)40-32(44)9-7-10-33(40)45-56-48-36-15-23(2)24(3)16-37(36)49-56/h7-20,44H,21,54-55H2,1-6H3. The average molecular weight is 871 g/mol. The molecule has 15 heteroatoms. The number of benzene rings is 6. The molecule has 2 aliphatic rings. The minimum Gasteiger partial charge on any atom is -0.507 e. The molecule has 296 valence electrons. The predicted molar refractivity (Wildman–Crippen MR) is 238 cm³/mol. The van der Waals surface area contributed by atoms with Crippen LogP contribution in [0.5, 0.6) is 46.0 Å². The molecule has 0 fully saturated rings. The molecule has 3 heterocycles. The van der Waals surface area contributed by atoms with Gasteiger partial charge < -0.3 is 45.2 Å². The molecule has 0 spiro atoms. The van der Waals surface area contributed by atoms with E-state index in [1.165, 1.54) is 0 Å². The summed E-state index contributed by atoms with van der Waals surface area (Å²) in [5.41, 5.74) is 9.20. The topological polar surface area (TPSA) is 111 Å². The average Bonchev–Trinajstić information content (AvgIpc) is 3.70. The summed E-state index contributed by atoms with van der Waals surface area (Å²) in [6, 6.07) is 26.3. The zero-order chi connectivity index (χ0) is 40.4. The number of hydrogen-bond acceptors (Lipinski definition) is 10. The Morgan fingerprint density at radius 2 is 1.03 bits per heavy atom. The molecule has 0 amide bonds. The van der Waals surface area contributed by atoms with Crippen LogP contribution >= 0.6 is 43.9 Å². The summed E-state index contributed by atoms with van der Waals surface area (Å²) >= 11 is 0. The largest absolute Gasteiger partial charge is 0.530 e. The van der Waals surface area contributed by atoms with Crippen molar-refractivity contribution >= 4 is 71.2 Å². The van der Waals surface area contributed by atoms with Crippen LogP contribution < -0.4 is 37.0 Å². The summed E-state index contributed by atoms with van der Waals surface area (Å²) in [7, 11) is -0.459. The van der Waals surface area contributed by atoms with Gasteiger partial charge in [0.15, 0.2) is 23.0 Å². The van der Waals surface area contributed by atoms with Gasteiger partial charge in [-0.1, -0.05) is 18.2 Å². The van der Waals surface area contributed by atoms with Gasteiger partial charge in [-0.25, -0.2) is 0 Å². The van der Waals surface area contributed by atoms with Gasteiger partial charge >= 0.3 is 25.4 Å². The van der Waals surface area contributed by atoms with Crippen LogP contribution in [0.4, 0.5) is 0 Å². The van der Waals surface area contributed by atoms with Crippen LogP contribution in [0, 0.1) is 41.5 Å². The van der Waals surface area contributed by atoms with E-state index in [-0.39, 0.29) is 22.8 Å². The molecule has 10 nitrogen and oxygen atoms in total. The molecular weight excluding hydrogens is 831 g/mol. The summed E-state index contributed by atoms with van der Waals surface area (Å²) in [5.74, 6) is 3.08. The summed E-state index contributed by atoms with van der Waals surface area (Å²) in [4.78, 5) is 0. The highest BCUT2D eigenvalue weighted by Crippen LogP contribution is 2.59. The summed E-state index contributed by atoms with van der Waals surface area (Å²) in [6.45, 7) is 12.1. The Morgan fingerprint density at radius 3 is 1.59 bits per heavy atom.